The Kier molecular flexibility index (Phi) is 5.66. The summed E-state index contributed by atoms with van der Waals surface area (Å²) in [5, 5.41) is 11.8. The molecule has 140 valence electrons. The highest BCUT2D eigenvalue weighted by Gasteiger charge is 2.17. The number of ether oxygens (including phenoxy) is 1. The van der Waals surface area contributed by atoms with Crippen molar-refractivity contribution < 1.29 is 9.53 Å². The molecule has 27 heavy (non-hydrogen) atoms. The minimum atomic E-state index is -0.240. The van der Waals surface area contributed by atoms with Gasteiger partial charge in [-0.2, -0.15) is 9.90 Å². The molecular formula is C21H24N4O2. The molecule has 0 radical (unpaired) electrons. The lowest BCUT2D eigenvalue weighted by Gasteiger charge is -2.09. The van der Waals surface area contributed by atoms with Crippen molar-refractivity contribution in [2.75, 3.05) is 7.11 Å². The van der Waals surface area contributed by atoms with Gasteiger partial charge in [0.1, 0.15) is 0 Å². The fraction of sp³-hybridized carbons (Fsp3) is 0.286. The van der Waals surface area contributed by atoms with Gasteiger partial charge < -0.3 is 10.1 Å². The molecular weight excluding hydrogens is 340 g/mol. The van der Waals surface area contributed by atoms with Crippen LogP contribution in [-0.4, -0.2) is 28.0 Å². The first-order chi connectivity index (χ1) is 13.0. The highest BCUT2D eigenvalue weighted by molar-refractivity contribution is 5.93. The van der Waals surface area contributed by atoms with Crippen LogP contribution in [0.4, 0.5) is 0 Å². The van der Waals surface area contributed by atoms with Crippen LogP contribution in [0.2, 0.25) is 0 Å². The van der Waals surface area contributed by atoms with E-state index in [0.717, 1.165) is 22.4 Å². The zero-order chi connectivity index (χ0) is 19.4. The minimum absolute atomic E-state index is 0.240. The monoisotopic (exact) mass is 364 g/mol. The van der Waals surface area contributed by atoms with Crippen LogP contribution >= 0.6 is 0 Å². The van der Waals surface area contributed by atoms with Crippen LogP contribution in [0, 0.1) is 20.8 Å². The molecule has 6 nitrogen and oxygen atoms in total. The second-order valence-electron chi connectivity index (χ2n) is 6.60. The number of benzene rings is 2. The highest BCUT2D eigenvalue weighted by atomic mass is 16.5. The third kappa shape index (κ3) is 4.23. The number of aromatic nitrogens is 3. The van der Waals surface area contributed by atoms with E-state index in [4.69, 9.17) is 4.74 Å². The predicted octanol–water partition coefficient (Wildman–Crippen LogP) is 3.27. The zero-order valence-corrected chi connectivity index (χ0v) is 16.1. The Morgan fingerprint density at radius 2 is 1.81 bits per heavy atom. The Balaban J connectivity index is 1.77. The molecule has 0 atom stereocenters. The standard InChI is InChI=1S/C21H24N4O2/c1-14-9-10-19(15(2)11-14)25-23-16(3)20(24-25)21(26)22-12-17-7-5-6-8-18(17)13-27-4/h5-11H,12-13H2,1-4H3,(H,22,26). The van der Waals surface area contributed by atoms with Crippen molar-refractivity contribution >= 4 is 5.91 Å². The molecule has 1 heterocycles. The molecule has 2 aromatic carbocycles. The Morgan fingerprint density at radius 1 is 1.07 bits per heavy atom. The van der Waals surface area contributed by atoms with Crippen molar-refractivity contribution in [3.8, 4) is 5.69 Å². The number of methoxy groups -OCH3 is 1. The molecule has 0 aliphatic rings. The van der Waals surface area contributed by atoms with E-state index in [0.29, 0.717) is 24.5 Å². The van der Waals surface area contributed by atoms with Crippen LogP contribution in [0.15, 0.2) is 42.5 Å². The lowest BCUT2D eigenvalue weighted by molar-refractivity contribution is 0.0944. The van der Waals surface area contributed by atoms with Gasteiger partial charge in [-0.25, -0.2) is 0 Å². The van der Waals surface area contributed by atoms with Crippen molar-refractivity contribution in [1.29, 1.82) is 0 Å². The lowest BCUT2D eigenvalue weighted by Crippen LogP contribution is -2.24. The third-order valence-electron chi connectivity index (χ3n) is 4.42. The van der Waals surface area contributed by atoms with Crippen LogP contribution in [0.3, 0.4) is 0 Å². The Labute approximate surface area is 159 Å². The topological polar surface area (TPSA) is 69.0 Å². The summed E-state index contributed by atoms with van der Waals surface area (Å²) in [4.78, 5) is 14.2. The van der Waals surface area contributed by atoms with E-state index < -0.39 is 0 Å². The van der Waals surface area contributed by atoms with Gasteiger partial charge in [0, 0.05) is 13.7 Å². The molecule has 6 heteroatoms. The number of hydrogen-bond donors (Lipinski definition) is 1. The van der Waals surface area contributed by atoms with Crippen LogP contribution in [-0.2, 0) is 17.9 Å². The number of aryl methyl sites for hydroxylation is 3. The summed E-state index contributed by atoms with van der Waals surface area (Å²) in [6.07, 6.45) is 0. The molecule has 0 bridgehead atoms. The fourth-order valence-corrected chi connectivity index (χ4v) is 3.01. The van der Waals surface area contributed by atoms with E-state index >= 15 is 0 Å². The van der Waals surface area contributed by atoms with Gasteiger partial charge in [0.05, 0.1) is 18.0 Å². The van der Waals surface area contributed by atoms with Crippen LogP contribution < -0.4 is 5.32 Å². The number of carbonyl (C=O) groups excluding carboxylic acids is 1. The number of carbonyl (C=O) groups is 1. The number of nitrogens with zero attached hydrogens (tertiary/aromatic N) is 3. The summed E-state index contributed by atoms with van der Waals surface area (Å²) in [6, 6.07) is 13.9. The lowest BCUT2D eigenvalue weighted by atomic mass is 10.1. The molecule has 1 aromatic heterocycles. The molecule has 0 fully saturated rings. The average molecular weight is 364 g/mol. The fourth-order valence-electron chi connectivity index (χ4n) is 3.01. The van der Waals surface area contributed by atoms with Gasteiger partial charge in [0.2, 0.25) is 0 Å². The summed E-state index contributed by atoms with van der Waals surface area (Å²) in [7, 11) is 1.66. The first kappa shape index (κ1) is 18.8. The number of rotatable bonds is 6. The van der Waals surface area contributed by atoms with E-state index in [1.807, 2.05) is 50.2 Å². The summed E-state index contributed by atoms with van der Waals surface area (Å²) in [6.45, 7) is 6.76. The Bertz CT molecular complexity index is 963. The summed E-state index contributed by atoms with van der Waals surface area (Å²) >= 11 is 0. The van der Waals surface area contributed by atoms with E-state index in [-0.39, 0.29) is 5.91 Å². The van der Waals surface area contributed by atoms with Gasteiger partial charge in [-0.15, -0.1) is 5.10 Å². The van der Waals surface area contributed by atoms with E-state index in [1.165, 1.54) is 10.4 Å². The molecule has 1 N–H and O–H groups in total. The van der Waals surface area contributed by atoms with Crippen molar-refractivity contribution in [2.24, 2.45) is 0 Å². The van der Waals surface area contributed by atoms with Gasteiger partial charge >= 0.3 is 0 Å². The molecule has 3 rings (SSSR count). The van der Waals surface area contributed by atoms with Gasteiger partial charge in [-0.05, 0) is 43.5 Å². The molecule has 0 spiro atoms. The van der Waals surface area contributed by atoms with E-state index in [1.54, 1.807) is 14.0 Å². The molecule has 0 aliphatic heterocycles. The smallest absolute Gasteiger partial charge is 0.274 e. The van der Waals surface area contributed by atoms with Crippen molar-refractivity contribution in [3.63, 3.8) is 0 Å². The molecule has 0 unspecified atom stereocenters. The minimum Gasteiger partial charge on any atom is -0.380 e. The van der Waals surface area contributed by atoms with Crippen molar-refractivity contribution in [3.05, 3.63) is 76.1 Å². The second-order valence-corrected chi connectivity index (χ2v) is 6.60. The molecule has 0 saturated heterocycles. The molecule has 0 aliphatic carbocycles. The quantitative estimate of drug-likeness (QED) is 0.729. The second kappa shape index (κ2) is 8.14. The SMILES string of the molecule is COCc1ccccc1CNC(=O)c1nn(-c2ccc(C)cc2C)nc1C. The number of hydrogen-bond acceptors (Lipinski definition) is 4. The van der Waals surface area contributed by atoms with Crippen LogP contribution in [0.25, 0.3) is 5.69 Å². The van der Waals surface area contributed by atoms with Crippen LogP contribution in [0.1, 0.15) is 38.4 Å². The summed E-state index contributed by atoms with van der Waals surface area (Å²) in [5.41, 5.74) is 6.10. The van der Waals surface area contributed by atoms with Crippen LogP contribution in [0.5, 0.6) is 0 Å². The largest absolute Gasteiger partial charge is 0.380 e. The average Bonchev–Trinajstić information content (AvgIpc) is 3.02. The first-order valence-corrected chi connectivity index (χ1v) is 8.85. The number of nitrogens with one attached hydrogen (secondary N) is 1. The van der Waals surface area contributed by atoms with Crippen molar-refractivity contribution in [1.82, 2.24) is 20.3 Å². The third-order valence-corrected chi connectivity index (χ3v) is 4.42. The molecule has 0 saturated carbocycles. The maximum Gasteiger partial charge on any atom is 0.274 e. The molecule has 1 amide bonds. The van der Waals surface area contributed by atoms with Gasteiger partial charge in [-0.1, -0.05) is 42.0 Å². The Hall–Kier alpha value is -2.99. The summed E-state index contributed by atoms with van der Waals surface area (Å²) < 4.78 is 5.21. The zero-order valence-electron chi connectivity index (χ0n) is 16.1. The maximum atomic E-state index is 12.6. The van der Waals surface area contributed by atoms with Gasteiger partial charge in [0.15, 0.2) is 5.69 Å². The maximum absolute atomic E-state index is 12.6. The van der Waals surface area contributed by atoms with Gasteiger partial charge in [-0.3, -0.25) is 4.79 Å². The Morgan fingerprint density at radius 3 is 2.52 bits per heavy atom. The highest BCUT2D eigenvalue weighted by Crippen LogP contribution is 2.15. The number of amides is 1. The molecule has 3 aromatic rings. The predicted molar refractivity (Wildman–Crippen MR) is 104 cm³/mol. The van der Waals surface area contributed by atoms with E-state index in [2.05, 4.69) is 21.6 Å². The summed E-state index contributed by atoms with van der Waals surface area (Å²) in [5.74, 6) is -0.240. The van der Waals surface area contributed by atoms with E-state index in [9.17, 15) is 4.79 Å². The first-order valence-electron chi connectivity index (χ1n) is 8.85. The van der Waals surface area contributed by atoms with Crippen molar-refractivity contribution in [2.45, 2.75) is 33.9 Å². The van der Waals surface area contributed by atoms with Gasteiger partial charge in [0.25, 0.3) is 5.91 Å². The normalized spacial score (nSPS) is 10.8.